The van der Waals surface area contributed by atoms with E-state index in [-0.39, 0.29) is 5.91 Å². The topological polar surface area (TPSA) is 84.3 Å². The molecular weight excluding hydrogens is 464 g/mol. The first-order valence-corrected chi connectivity index (χ1v) is 13.6. The second-order valence-corrected chi connectivity index (χ2v) is 10.8. The fraction of sp³-hybridized carbons (Fsp3) is 0.483. The molecule has 1 aromatic carbocycles. The molecule has 8 nitrogen and oxygen atoms in total. The number of aryl methyl sites for hydroxylation is 1. The predicted octanol–water partition coefficient (Wildman–Crippen LogP) is 4.19. The molecule has 2 N–H and O–H groups in total. The highest BCUT2D eigenvalue weighted by molar-refractivity contribution is 5.96. The minimum absolute atomic E-state index is 0.00367. The predicted molar refractivity (Wildman–Crippen MR) is 144 cm³/mol. The lowest BCUT2D eigenvalue weighted by Gasteiger charge is -2.37. The molecule has 4 heterocycles. The summed E-state index contributed by atoms with van der Waals surface area (Å²) in [6.45, 7) is 7.35. The number of hydrogen-bond donors (Lipinski definition) is 2. The van der Waals surface area contributed by atoms with Crippen LogP contribution in [0.25, 0.3) is 16.8 Å². The first-order chi connectivity index (χ1) is 18.0. The Labute approximate surface area is 218 Å². The molecule has 1 saturated carbocycles. The molecule has 0 bridgehead atoms. The van der Waals surface area contributed by atoms with Crippen molar-refractivity contribution in [3.8, 4) is 16.8 Å². The van der Waals surface area contributed by atoms with Crippen molar-refractivity contribution in [2.45, 2.75) is 70.2 Å². The van der Waals surface area contributed by atoms with Crippen LogP contribution in [0.2, 0.25) is 0 Å². The molecule has 3 aromatic rings. The number of benzene rings is 1. The van der Waals surface area contributed by atoms with Gasteiger partial charge in [0, 0.05) is 55.1 Å². The largest absolute Gasteiger partial charge is 0.381 e. The average Bonchev–Trinajstić information content (AvgIpc) is 3.40. The minimum Gasteiger partial charge on any atom is -0.381 e. The Morgan fingerprint density at radius 1 is 1.03 bits per heavy atom. The molecule has 2 aromatic heterocycles. The van der Waals surface area contributed by atoms with Crippen molar-refractivity contribution < 1.29 is 9.53 Å². The summed E-state index contributed by atoms with van der Waals surface area (Å²) in [4.78, 5) is 19.6. The summed E-state index contributed by atoms with van der Waals surface area (Å²) in [6, 6.07) is 9.32. The van der Waals surface area contributed by atoms with Crippen LogP contribution in [0.5, 0.6) is 0 Å². The van der Waals surface area contributed by atoms with Crippen molar-refractivity contribution in [1.82, 2.24) is 25.0 Å². The van der Waals surface area contributed by atoms with Crippen molar-refractivity contribution >= 4 is 11.6 Å². The first kappa shape index (κ1) is 24.1. The second kappa shape index (κ2) is 10.3. The van der Waals surface area contributed by atoms with E-state index in [9.17, 15) is 4.79 Å². The Kier molecular flexibility index (Phi) is 6.69. The number of aromatic nitrogens is 3. The Hall–Kier alpha value is -3.23. The molecule has 6 rings (SSSR count). The fourth-order valence-corrected chi connectivity index (χ4v) is 5.62. The van der Waals surface area contributed by atoms with Crippen molar-refractivity contribution in [1.29, 1.82) is 0 Å². The lowest BCUT2D eigenvalue weighted by molar-refractivity contribution is 0.0641. The number of piperidine rings is 1. The number of anilines is 1. The molecule has 1 amide bonds. The molecule has 1 aliphatic carbocycles. The zero-order valence-electron chi connectivity index (χ0n) is 21.7. The molecule has 0 spiro atoms. The van der Waals surface area contributed by atoms with E-state index in [4.69, 9.17) is 4.74 Å². The Balaban J connectivity index is 1.12. The fourth-order valence-electron chi connectivity index (χ4n) is 5.62. The van der Waals surface area contributed by atoms with Crippen molar-refractivity contribution in [3.05, 3.63) is 60.2 Å². The van der Waals surface area contributed by atoms with E-state index in [2.05, 4.69) is 45.5 Å². The average molecular weight is 501 g/mol. The molecule has 2 atom stereocenters. The molecule has 194 valence electrons. The van der Waals surface area contributed by atoms with Gasteiger partial charge in [0.2, 0.25) is 0 Å². The van der Waals surface area contributed by atoms with Gasteiger partial charge in [-0.3, -0.25) is 14.7 Å². The highest BCUT2D eigenvalue weighted by Crippen LogP contribution is 2.28. The van der Waals surface area contributed by atoms with Crippen molar-refractivity contribution in [3.63, 3.8) is 0 Å². The van der Waals surface area contributed by atoms with Gasteiger partial charge >= 0.3 is 0 Å². The molecule has 3 aliphatic rings. The third-order valence-electron chi connectivity index (χ3n) is 8.00. The SMILES string of the molecule is Cc1ccc(C(=O)NC2CC2)cc1-c1cnn(-c2cncc(NC3CCN(C4CCO[C@@H]4C)CC3)c2)c1. The van der Waals surface area contributed by atoms with E-state index in [1.165, 1.54) is 0 Å². The normalized spacial score (nSPS) is 22.8. The highest BCUT2D eigenvalue weighted by atomic mass is 16.5. The molecule has 0 radical (unpaired) electrons. The van der Waals surface area contributed by atoms with E-state index in [0.717, 1.165) is 79.9 Å². The van der Waals surface area contributed by atoms with E-state index in [1.54, 1.807) is 0 Å². The van der Waals surface area contributed by atoms with E-state index in [1.807, 2.05) is 47.7 Å². The lowest BCUT2D eigenvalue weighted by Crippen LogP contribution is -2.47. The maximum atomic E-state index is 12.6. The van der Waals surface area contributed by atoms with Crippen LogP contribution < -0.4 is 10.6 Å². The van der Waals surface area contributed by atoms with E-state index in [0.29, 0.717) is 29.8 Å². The summed E-state index contributed by atoms with van der Waals surface area (Å²) >= 11 is 0. The minimum atomic E-state index is -0.00367. The van der Waals surface area contributed by atoms with Gasteiger partial charge in [-0.1, -0.05) is 6.07 Å². The number of rotatable bonds is 7. The molecule has 8 heteroatoms. The highest BCUT2D eigenvalue weighted by Gasteiger charge is 2.32. The van der Waals surface area contributed by atoms with Crippen LogP contribution in [0.1, 0.15) is 54.9 Å². The van der Waals surface area contributed by atoms with Gasteiger partial charge in [0.25, 0.3) is 5.91 Å². The maximum absolute atomic E-state index is 12.6. The van der Waals surface area contributed by atoms with Crippen molar-refractivity contribution in [2.75, 3.05) is 25.0 Å². The van der Waals surface area contributed by atoms with Crippen LogP contribution in [0.4, 0.5) is 5.69 Å². The summed E-state index contributed by atoms with van der Waals surface area (Å²) < 4.78 is 7.63. The van der Waals surface area contributed by atoms with E-state index >= 15 is 0 Å². The van der Waals surface area contributed by atoms with Crippen LogP contribution in [-0.4, -0.2) is 69.5 Å². The van der Waals surface area contributed by atoms with Gasteiger partial charge in [0.15, 0.2) is 0 Å². The molecule has 37 heavy (non-hydrogen) atoms. The van der Waals surface area contributed by atoms with Gasteiger partial charge in [-0.25, -0.2) is 4.68 Å². The van der Waals surface area contributed by atoms with Gasteiger partial charge in [0.05, 0.1) is 36.1 Å². The Bertz CT molecular complexity index is 1260. The van der Waals surface area contributed by atoms with E-state index < -0.39 is 0 Å². The molecule has 3 fully saturated rings. The number of nitrogens with zero attached hydrogens (tertiary/aromatic N) is 4. The summed E-state index contributed by atoms with van der Waals surface area (Å²) in [7, 11) is 0. The molecule has 1 unspecified atom stereocenters. The number of likely N-dealkylation sites (tertiary alicyclic amines) is 1. The van der Waals surface area contributed by atoms with Gasteiger partial charge < -0.3 is 15.4 Å². The van der Waals surface area contributed by atoms with Gasteiger partial charge in [-0.2, -0.15) is 5.10 Å². The first-order valence-electron chi connectivity index (χ1n) is 13.6. The number of amides is 1. The Morgan fingerprint density at radius 2 is 1.86 bits per heavy atom. The molecular formula is C29H36N6O2. The molecule has 2 saturated heterocycles. The zero-order chi connectivity index (χ0) is 25.4. The van der Waals surface area contributed by atoms with Crippen LogP contribution >= 0.6 is 0 Å². The quantitative estimate of drug-likeness (QED) is 0.506. The maximum Gasteiger partial charge on any atom is 0.251 e. The second-order valence-electron chi connectivity index (χ2n) is 10.8. The summed E-state index contributed by atoms with van der Waals surface area (Å²) in [5.74, 6) is -0.00367. The van der Waals surface area contributed by atoms with Crippen LogP contribution in [0.15, 0.2) is 49.1 Å². The van der Waals surface area contributed by atoms with Crippen LogP contribution in [-0.2, 0) is 4.74 Å². The molecule has 2 aliphatic heterocycles. The zero-order valence-corrected chi connectivity index (χ0v) is 21.7. The summed E-state index contributed by atoms with van der Waals surface area (Å²) in [5.41, 5.74) is 5.72. The van der Waals surface area contributed by atoms with Crippen molar-refractivity contribution in [2.24, 2.45) is 0 Å². The number of nitrogens with one attached hydrogen (secondary N) is 2. The van der Waals surface area contributed by atoms with Crippen LogP contribution in [0, 0.1) is 6.92 Å². The number of carbonyl (C=O) groups excluding carboxylic acids is 1. The number of hydrogen-bond acceptors (Lipinski definition) is 6. The third kappa shape index (κ3) is 5.40. The number of ether oxygens (including phenoxy) is 1. The van der Waals surface area contributed by atoms with Gasteiger partial charge in [0.1, 0.15) is 0 Å². The van der Waals surface area contributed by atoms with Gasteiger partial charge in [-0.05, 0) is 75.3 Å². The summed E-state index contributed by atoms with van der Waals surface area (Å²) in [5, 5.41) is 11.4. The van der Waals surface area contributed by atoms with Gasteiger partial charge in [-0.15, -0.1) is 0 Å². The summed E-state index contributed by atoms with van der Waals surface area (Å²) in [6.07, 6.45) is 13.5. The van der Waals surface area contributed by atoms with Crippen LogP contribution in [0.3, 0.4) is 0 Å². The smallest absolute Gasteiger partial charge is 0.251 e. The standard InChI is InChI=1S/C29H36N6O2/c1-19-3-4-21(29(36)33-23-5-6-23)13-27(19)22-15-31-35(18-22)26-14-25(16-30-17-26)32-24-7-10-34(11-8-24)28-9-12-37-20(28)2/h3-4,13-18,20,23-24,28,32H,5-12H2,1-2H3,(H,33,36)/t20-,28?/m1/s1. The number of pyridine rings is 1. The number of carbonyl (C=O) groups is 1. The monoisotopic (exact) mass is 500 g/mol. The third-order valence-corrected chi connectivity index (χ3v) is 8.00. The lowest BCUT2D eigenvalue weighted by atomic mass is 10.00. The Morgan fingerprint density at radius 3 is 2.62 bits per heavy atom.